The molecule has 6 heteroatoms. The normalized spacial score (nSPS) is 20.8. The molecule has 0 bridgehead atoms. The molecule has 0 radical (unpaired) electrons. The number of nitriles is 1. The number of thioether (sulfide) groups is 2. The van der Waals surface area contributed by atoms with Crippen LogP contribution in [0.5, 0.6) is 0 Å². The summed E-state index contributed by atoms with van der Waals surface area (Å²) in [6.45, 7) is 10.5. The minimum Gasteiger partial charge on any atom is -0.338 e. The Bertz CT molecular complexity index is 743. The van der Waals surface area contributed by atoms with Crippen LogP contribution < -0.4 is 0 Å². The number of hydrogen-bond donors (Lipinski definition) is 0. The maximum atomic E-state index is 13.5. The Hall–Kier alpha value is -1.16. The van der Waals surface area contributed by atoms with Crippen molar-refractivity contribution in [1.82, 2.24) is 9.80 Å². The van der Waals surface area contributed by atoms with Crippen LogP contribution in [0.15, 0.2) is 24.3 Å². The molecule has 0 saturated heterocycles. The average molecular weight is 462 g/mol. The maximum absolute atomic E-state index is 13.5. The van der Waals surface area contributed by atoms with E-state index >= 15 is 0 Å². The molecule has 1 fully saturated rings. The fourth-order valence-corrected chi connectivity index (χ4v) is 8.10. The zero-order chi connectivity index (χ0) is 22.9. The van der Waals surface area contributed by atoms with Gasteiger partial charge in [-0.1, -0.05) is 39.0 Å². The van der Waals surface area contributed by atoms with Gasteiger partial charge in [-0.15, -0.1) is 23.5 Å². The first-order chi connectivity index (χ1) is 14.9. The second-order valence-corrected chi connectivity index (χ2v) is 11.8. The van der Waals surface area contributed by atoms with E-state index in [0.29, 0.717) is 24.6 Å². The molecule has 172 valence electrons. The summed E-state index contributed by atoms with van der Waals surface area (Å²) < 4.78 is 0.238. The van der Waals surface area contributed by atoms with E-state index in [1.54, 1.807) is 6.07 Å². The predicted molar refractivity (Wildman–Crippen MR) is 136 cm³/mol. The second-order valence-electron chi connectivity index (χ2n) is 8.21. The molecule has 4 nitrogen and oxygen atoms in total. The van der Waals surface area contributed by atoms with Crippen LogP contribution in [0.4, 0.5) is 0 Å². The lowest BCUT2D eigenvalue weighted by Gasteiger charge is -2.42. The number of carbonyl (C=O) groups is 1. The quantitative estimate of drug-likeness (QED) is 0.344. The van der Waals surface area contributed by atoms with Gasteiger partial charge in [0.2, 0.25) is 5.91 Å². The third-order valence-corrected chi connectivity index (χ3v) is 9.52. The van der Waals surface area contributed by atoms with Gasteiger partial charge in [0.15, 0.2) is 0 Å². The number of nitrogens with zero attached hydrogens (tertiary/aromatic N) is 3. The Labute approximate surface area is 198 Å². The van der Waals surface area contributed by atoms with E-state index in [9.17, 15) is 10.1 Å². The predicted octanol–water partition coefficient (Wildman–Crippen LogP) is 5.41. The number of carbonyl (C=O) groups excluding carboxylic acids is 1. The van der Waals surface area contributed by atoms with Gasteiger partial charge in [0.25, 0.3) is 0 Å². The summed E-state index contributed by atoms with van der Waals surface area (Å²) in [6, 6.07) is 10.3. The molecule has 1 saturated carbocycles. The zero-order valence-corrected chi connectivity index (χ0v) is 21.5. The van der Waals surface area contributed by atoms with Crippen molar-refractivity contribution in [3.05, 3.63) is 35.4 Å². The van der Waals surface area contributed by atoms with E-state index in [0.717, 1.165) is 42.9 Å². The van der Waals surface area contributed by atoms with Gasteiger partial charge in [0.1, 0.15) is 0 Å². The number of amides is 1. The Morgan fingerprint density at radius 1 is 1.13 bits per heavy atom. The highest BCUT2D eigenvalue weighted by atomic mass is 32.2. The topological polar surface area (TPSA) is 47.3 Å². The fourth-order valence-electron chi connectivity index (χ4n) is 4.85. The smallest absolute Gasteiger partial charge is 0.227 e. The Morgan fingerprint density at radius 2 is 1.81 bits per heavy atom. The van der Waals surface area contributed by atoms with Crippen molar-refractivity contribution in [2.45, 2.75) is 76.0 Å². The SMILES string of the molecule is CCSC1(SCC)CCCC(N(CC)C(=O)Cc2ccccc2C#N)C(N(C)CC)C1. The lowest BCUT2D eigenvalue weighted by atomic mass is 9.97. The largest absolute Gasteiger partial charge is 0.338 e. The lowest BCUT2D eigenvalue weighted by molar-refractivity contribution is -0.134. The Balaban J connectivity index is 2.32. The van der Waals surface area contributed by atoms with Gasteiger partial charge in [-0.3, -0.25) is 4.79 Å². The maximum Gasteiger partial charge on any atom is 0.227 e. The van der Waals surface area contributed by atoms with Crippen molar-refractivity contribution >= 4 is 29.4 Å². The molecule has 1 aromatic rings. The summed E-state index contributed by atoms with van der Waals surface area (Å²) in [5, 5.41) is 9.43. The van der Waals surface area contributed by atoms with Gasteiger partial charge in [-0.05, 0) is 69.3 Å². The van der Waals surface area contributed by atoms with Crippen molar-refractivity contribution in [3.8, 4) is 6.07 Å². The molecule has 2 unspecified atom stereocenters. The summed E-state index contributed by atoms with van der Waals surface area (Å²) in [4.78, 5) is 18.0. The van der Waals surface area contributed by atoms with Gasteiger partial charge in [-0.25, -0.2) is 0 Å². The number of hydrogen-bond acceptors (Lipinski definition) is 5. The van der Waals surface area contributed by atoms with Crippen LogP contribution in [0.2, 0.25) is 0 Å². The first kappa shape index (κ1) is 26.1. The van der Waals surface area contributed by atoms with Crippen LogP contribution in [0, 0.1) is 11.3 Å². The Morgan fingerprint density at radius 3 is 2.39 bits per heavy atom. The van der Waals surface area contributed by atoms with Gasteiger partial charge in [-0.2, -0.15) is 5.26 Å². The molecule has 1 amide bonds. The summed E-state index contributed by atoms with van der Waals surface area (Å²) in [5.74, 6) is 2.40. The van der Waals surface area contributed by atoms with Crippen molar-refractivity contribution in [3.63, 3.8) is 0 Å². The summed E-state index contributed by atoms with van der Waals surface area (Å²) in [7, 11) is 2.21. The fraction of sp³-hybridized carbons (Fsp3) is 0.680. The molecule has 1 aromatic carbocycles. The van der Waals surface area contributed by atoms with Crippen LogP contribution in [0.25, 0.3) is 0 Å². The van der Waals surface area contributed by atoms with E-state index in [2.05, 4.69) is 74.1 Å². The minimum absolute atomic E-state index is 0.142. The minimum atomic E-state index is 0.142. The van der Waals surface area contributed by atoms with Gasteiger partial charge < -0.3 is 9.80 Å². The molecule has 0 aromatic heterocycles. The molecule has 1 aliphatic carbocycles. The highest BCUT2D eigenvalue weighted by Gasteiger charge is 2.42. The number of rotatable bonds is 10. The van der Waals surface area contributed by atoms with Gasteiger partial charge in [0, 0.05) is 18.6 Å². The molecule has 2 rings (SSSR count). The van der Waals surface area contributed by atoms with Crippen LogP contribution in [-0.2, 0) is 11.2 Å². The van der Waals surface area contributed by atoms with E-state index in [1.165, 1.54) is 6.42 Å². The molecular formula is C25H39N3OS2. The molecule has 0 spiro atoms. The summed E-state index contributed by atoms with van der Waals surface area (Å²) in [6.07, 6.45) is 4.81. The molecular weight excluding hydrogens is 422 g/mol. The molecule has 0 heterocycles. The first-order valence-electron chi connectivity index (χ1n) is 11.7. The molecule has 0 N–H and O–H groups in total. The second kappa shape index (κ2) is 12.8. The van der Waals surface area contributed by atoms with E-state index < -0.39 is 0 Å². The number of likely N-dealkylation sites (N-methyl/N-ethyl adjacent to an activating group) is 2. The van der Waals surface area contributed by atoms with Gasteiger partial charge in [0.05, 0.1) is 22.1 Å². The molecule has 31 heavy (non-hydrogen) atoms. The highest BCUT2D eigenvalue weighted by molar-refractivity contribution is 8.18. The molecule has 0 aliphatic heterocycles. The highest BCUT2D eigenvalue weighted by Crippen LogP contribution is 2.48. The zero-order valence-electron chi connectivity index (χ0n) is 19.9. The monoisotopic (exact) mass is 461 g/mol. The first-order valence-corrected chi connectivity index (χ1v) is 13.7. The van der Waals surface area contributed by atoms with Crippen molar-refractivity contribution in [1.29, 1.82) is 5.26 Å². The number of benzene rings is 1. The van der Waals surface area contributed by atoms with Crippen LogP contribution in [0.3, 0.4) is 0 Å². The van der Waals surface area contributed by atoms with Gasteiger partial charge >= 0.3 is 0 Å². The lowest BCUT2D eigenvalue weighted by Crippen LogP contribution is -2.53. The summed E-state index contributed by atoms with van der Waals surface area (Å²) in [5.41, 5.74) is 1.44. The third kappa shape index (κ3) is 6.66. The van der Waals surface area contributed by atoms with Crippen molar-refractivity contribution in [2.75, 3.05) is 31.6 Å². The molecule has 2 atom stereocenters. The van der Waals surface area contributed by atoms with Crippen LogP contribution in [0.1, 0.15) is 64.5 Å². The van der Waals surface area contributed by atoms with Crippen molar-refractivity contribution < 1.29 is 4.79 Å². The average Bonchev–Trinajstić information content (AvgIpc) is 2.95. The standard InChI is InChI=1S/C25H39N3OS2/c1-6-27(5)23-18-25(30-8-3,31-9-4)16-12-15-22(23)28(7-2)24(29)17-20-13-10-11-14-21(20)19-26/h10-11,13-14,22-23H,6-9,12,15-18H2,1-5H3. The van der Waals surface area contributed by atoms with E-state index in [-0.39, 0.29) is 16.0 Å². The van der Waals surface area contributed by atoms with E-state index in [4.69, 9.17) is 0 Å². The van der Waals surface area contributed by atoms with Crippen molar-refractivity contribution in [2.24, 2.45) is 0 Å². The molecule has 1 aliphatic rings. The Kier molecular flexibility index (Phi) is 10.7. The van der Waals surface area contributed by atoms with Crippen LogP contribution in [-0.4, -0.2) is 63.5 Å². The van der Waals surface area contributed by atoms with Crippen LogP contribution >= 0.6 is 23.5 Å². The third-order valence-electron chi connectivity index (χ3n) is 6.44. The summed E-state index contributed by atoms with van der Waals surface area (Å²) >= 11 is 4.21. The van der Waals surface area contributed by atoms with E-state index in [1.807, 2.05) is 18.2 Å².